The molecule has 0 bridgehead atoms. The van der Waals surface area contributed by atoms with Crippen molar-refractivity contribution in [2.75, 3.05) is 13.2 Å². The third kappa shape index (κ3) is 37.7. The van der Waals surface area contributed by atoms with Crippen LogP contribution in [0.5, 0.6) is 0 Å². The van der Waals surface area contributed by atoms with E-state index in [2.05, 4.69) is 13.8 Å². The van der Waals surface area contributed by atoms with Gasteiger partial charge in [-0.25, -0.2) is 0 Å². The highest BCUT2D eigenvalue weighted by Gasteiger charge is 2.16. The van der Waals surface area contributed by atoms with Crippen molar-refractivity contribution in [3.8, 4) is 0 Å². The van der Waals surface area contributed by atoms with Gasteiger partial charge < -0.3 is 14.6 Å². The van der Waals surface area contributed by atoms with Gasteiger partial charge in [-0.3, -0.25) is 9.59 Å². The van der Waals surface area contributed by atoms with Crippen molar-refractivity contribution < 1.29 is 24.2 Å². The average Bonchev–Trinajstić information content (AvgIpc) is 3.09. The monoisotopic (exact) mass is 681 g/mol. The summed E-state index contributed by atoms with van der Waals surface area (Å²) in [6.45, 7) is 4.18. The molecule has 0 radical (unpaired) electrons. The highest BCUT2D eigenvalue weighted by molar-refractivity contribution is 5.70. The average molecular weight is 681 g/mol. The smallest absolute Gasteiger partial charge is 0.306 e. The minimum absolute atomic E-state index is 0.0565. The fraction of sp³-hybridized carbons (Fsp3) is 0.953. The molecule has 0 aromatic heterocycles. The molecule has 0 saturated heterocycles. The molecule has 0 amide bonds. The summed E-state index contributed by atoms with van der Waals surface area (Å²) >= 11 is 0. The quantitative estimate of drug-likeness (QED) is 0.0515. The lowest BCUT2D eigenvalue weighted by molar-refractivity contribution is -0.161. The molecule has 0 fully saturated rings. The zero-order valence-electron chi connectivity index (χ0n) is 32.5. The molecule has 0 rings (SSSR count). The summed E-state index contributed by atoms with van der Waals surface area (Å²) in [6, 6.07) is 0. The Labute approximate surface area is 299 Å². The Kier molecular flexibility index (Phi) is 39.4. The molecule has 1 N–H and O–H groups in total. The highest BCUT2D eigenvalue weighted by Crippen LogP contribution is 2.16. The van der Waals surface area contributed by atoms with Crippen LogP contribution in [0.3, 0.4) is 0 Å². The molecule has 0 spiro atoms. The van der Waals surface area contributed by atoms with E-state index in [1.807, 2.05) is 0 Å². The largest absolute Gasteiger partial charge is 0.462 e. The van der Waals surface area contributed by atoms with Gasteiger partial charge in [0.1, 0.15) is 6.61 Å². The third-order valence-corrected chi connectivity index (χ3v) is 9.90. The molecule has 0 aliphatic carbocycles. The van der Waals surface area contributed by atoms with E-state index < -0.39 is 6.10 Å². The molecular weight excluding hydrogens is 596 g/mol. The normalized spacial score (nSPS) is 12.0. The van der Waals surface area contributed by atoms with E-state index in [-0.39, 0.29) is 25.2 Å². The van der Waals surface area contributed by atoms with Gasteiger partial charge >= 0.3 is 11.9 Å². The molecule has 0 heterocycles. The topological polar surface area (TPSA) is 72.8 Å². The van der Waals surface area contributed by atoms with Gasteiger partial charge in [-0.05, 0) is 12.8 Å². The van der Waals surface area contributed by atoms with Gasteiger partial charge in [-0.2, -0.15) is 0 Å². The highest BCUT2D eigenvalue weighted by atomic mass is 16.6. The number of hydrogen-bond acceptors (Lipinski definition) is 5. The molecule has 0 aliphatic heterocycles. The minimum Gasteiger partial charge on any atom is -0.462 e. The Morgan fingerprint density at radius 2 is 0.646 bits per heavy atom. The summed E-state index contributed by atoms with van der Waals surface area (Å²) in [5.41, 5.74) is 0. The van der Waals surface area contributed by atoms with Crippen molar-refractivity contribution in [3.63, 3.8) is 0 Å². The fourth-order valence-corrected chi connectivity index (χ4v) is 6.62. The molecule has 5 nitrogen and oxygen atoms in total. The van der Waals surface area contributed by atoms with Gasteiger partial charge in [0, 0.05) is 12.8 Å². The first-order valence-corrected chi connectivity index (χ1v) is 21.6. The maximum absolute atomic E-state index is 12.2. The van der Waals surface area contributed by atoms with Gasteiger partial charge in [0.15, 0.2) is 6.10 Å². The second-order valence-electron chi connectivity index (χ2n) is 14.8. The SMILES string of the molecule is CCCCCCCCCCCCCCCCCCCCCC(=O)OC[C@H](CO)OC(=O)CCCCCCCCCCCCCCCCC. The maximum Gasteiger partial charge on any atom is 0.306 e. The van der Waals surface area contributed by atoms with Crippen molar-refractivity contribution in [1.29, 1.82) is 0 Å². The van der Waals surface area contributed by atoms with Crippen molar-refractivity contribution in [3.05, 3.63) is 0 Å². The number of carbonyl (C=O) groups is 2. The standard InChI is InChI=1S/C43H84O5/c1-3-5-7-9-11-13-15-17-19-20-21-22-24-25-27-29-31-33-35-37-42(45)47-40-41(39-44)48-43(46)38-36-34-32-30-28-26-23-18-16-14-12-10-8-6-4-2/h41,44H,3-40H2,1-2H3/t41-/m0/s1. The zero-order chi connectivity index (χ0) is 35.0. The summed E-state index contributed by atoms with van der Waals surface area (Å²) in [6.07, 6.45) is 44.6. The van der Waals surface area contributed by atoms with E-state index in [0.717, 1.165) is 32.1 Å². The van der Waals surface area contributed by atoms with Crippen molar-refractivity contribution in [2.45, 2.75) is 251 Å². The van der Waals surface area contributed by atoms with E-state index in [1.54, 1.807) is 0 Å². The lowest BCUT2D eigenvalue weighted by Gasteiger charge is -2.15. The molecule has 0 saturated carbocycles. The molecule has 0 unspecified atom stereocenters. The zero-order valence-corrected chi connectivity index (χ0v) is 32.5. The van der Waals surface area contributed by atoms with Crippen molar-refractivity contribution in [2.24, 2.45) is 0 Å². The number of unbranched alkanes of at least 4 members (excludes halogenated alkanes) is 32. The summed E-state index contributed by atoms with van der Waals surface area (Å²) in [7, 11) is 0. The lowest BCUT2D eigenvalue weighted by Crippen LogP contribution is -2.28. The van der Waals surface area contributed by atoms with Crippen LogP contribution in [0.1, 0.15) is 245 Å². The van der Waals surface area contributed by atoms with E-state index in [9.17, 15) is 14.7 Å². The molecule has 5 heteroatoms. The second kappa shape index (κ2) is 40.3. The van der Waals surface area contributed by atoms with Crippen LogP contribution >= 0.6 is 0 Å². The Balaban J connectivity index is 3.46. The van der Waals surface area contributed by atoms with E-state index >= 15 is 0 Å². The Morgan fingerprint density at radius 1 is 0.396 bits per heavy atom. The number of aliphatic hydroxyl groups is 1. The Morgan fingerprint density at radius 3 is 0.917 bits per heavy atom. The van der Waals surface area contributed by atoms with Crippen LogP contribution in [0.4, 0.5) is 0 Å². The van der Waals surface area contributed by atoms with E-state index in [1.165, 1.54) is 186 Å². The number of carbonyl (C=O) groups excluding carboxylic acids is 2. The van der Waals surface area contributed by atoms with Crippen molar-refractivity contribution >= 4 is 11.9 Å². The van der Waals surface area contributed by atoms with E-state index in [0.29, 0.717) is 12.8 Å². The second-order valence-corrected chi connectivity index (χ2v) is 14.8. The summed E-state index contributed by atoms with van der Waals surface area (Å²) in [5, 5.41) is 9.57. The third-order valence-electron chi connectivity index (χ3n) is 9.90. The van der Waals surface area contributed by atoms with Gasteiger partial charge in [-0.1, -0.05) is 219 Å². The predicted octanol–water partition coefficient (Wildman–Crippen LogP) is 13.5. The molecule has 286 valence electrons. The van der Waals surface area contributed by atoms with Crippen LogP contribution in [-0.4, -0.2) is 36.4 Å². The number of rotatable bonds is 40. The first kappa shape index (κ1) is 46.9. The van der Waals surface area contributed by atoms with Gasteiger partial charge in [0.2, 0.25) is 0 Å². The van der Waals surface area contributed by atoms with Gasteiger partial charge in [0.05, 0.1) is 6.61 Å². The molecule has 0 aromatic rings. The summed E-state index contributed by atoms with van der Waals surface area (Å²) in [5.74, 6) is -0.572. The lowest BCUT2D eigenvalue weighted by atomic mass is 10.0. The van der Waals surface area contributed by atoms with Crippen molar-refractivity contribution in [1.82, 2.24) is 0 Å². The van der Waals surface area contributed by atoms with E-state index in [4.69, 9.17) is 9.47 Å². The van der Waals surface area contributed by atoms with Crippen LogP contribution in [0.25, 0.3) is 0 Å². The number of esters is 2. The van der Waals surface area contributed by atoms with Crippen LogP contribution in [0, 0.1) is 0 Å². The molecule has 48 heavy (non-hydrogen) atoms. The van der Waals surface area contributed by atoms with Crippen LogP contribution in [0.15, 0.2) is 0 Å². The van der Waals surface area contributed by atoms with Crippen LogP contribution in [-0.2, 0) is 19.1 Å². The maximum atomic E-state index is 12.2. The Hall–Kier alpha value is -1.10. The molecule has 0 aromatic carbocycles. The predicted molar refractivity (Wildman–Crippen MR) is 205 cm³/mol. The van der Waals surface area contributed by atoms with Gasteiger partial charge in [0.25, 0.3) is 0 Å². The summed E-state index contributed by atoms with van der Waals surface area (Å²) in [4.78, 5) is 24.3. The van der Waals surface area contributed by atoms with Gasteiger partial charge in [-0.15, -0.1) is 0 Å². The van der Waals surface area contributed by atoms with Crippen LogP contribution < -0.4 is 0 Å². The molecular formula is C43H84O5. The summed E-state index contributed by atoms with van der Waals surface area (Å²) < 4.78 is 10.6. The first-order valence-electron chi connectivity index (χ1n) is 21.6. The Bertz CT molecular complexity index is 651. The van der Waals surface area contributed by atoms with Crippen LogP contribution in [0.2, 0.25) is 0 Å². The molecule has 0 aliphatic rings. The first-order chi connectivity index (χ1) is 23.6. The fourth-order valence-electron chi connectivity index (χ4n) is 6.62. The minimum atomic E-state index is -0.761. The number of aliphatic hydroxyl groups excluding tert-OH is 1. The number of ether oxygens (including phenoxy) is 2. The molecule has 1 atom stereocenters. The number of hydrogen-bond donors (Lipinski definition) is 1.